The lowest BCUT2D eigenvalue weighted by Gasteiger charge is -2.14. The van der Waals surface area contributed by atoms with Gasteiger partial charge in [0.2, 0.25) is 0 Å². The van der Waals surface area contributed by atoms with Crippen molar-refractivity contribution in [2.24, 2.45) is 0 Å². The van der Waals surface area contributed by atoms with Crippen LogP contribution < -0.4 is 0 Å². The molecule has 6 heteroatoms. The normalized spacial score (nSPS) is 13.6. The van der Waals surface area contributed by atoms with Gasteiger partial charge >= 0.3 is 6.18 Å². The third-order valence-corrected chi connectivity index (χ3v) is 4.04. The van der Waals surface area contributed by atoms with E-state index in [9.17, 15) is 18.3 Å². The van der Waals surface area contributed by atoms with Gasteiger partial charge in [0.15, 0.2) is 0 Å². The largest absolute Gasteiger partial charge is 0.417 e. The van der Waals surface area contributed by atoms with Crippen LogP contribution in [0.5, 0.6) is 0 Å². The van der Waals surface area contributed by atoms with Crippen molar-refractivity contribution in [3.05, 3.63) is 56.2 Å². The van der Waals surface area contributed by atoms with Gasteiger partial charge in [0, 0.05) is 9.35 Å². The van der Waals surface area contributed by atoms with Crippen LogP contribution in [0.3, 0.4) is 0 Å². The molecule has 0 aliphatic rings. The summed E-state index contributed by atoms with van der Waals surface area (Å²) in [6, 6.07) is 7.17. The van der Waals surface area contributed by atoms with Gasteiger partial charge < -0.3 is 5.11 Å². The van der Waals surface area contributed by atoms with Gasteiger partial charge in [0.1, 0.15) is 6.10 Å². The second kappa shape index (κ2) is 5.03. The molecule has 0 radical (unpaired) electrons. The topological polar surface area (TPSA) is 20.2 Å². The molecule has 0 saturated heterocycles. The van der Waals surface area contributed by atoms with E-state index in [2.05, 4.69) is 15.9 Å². The molecule has 0 spiro atoms. The number of benzene rings is 1. The van der Waals surface area contributed by atoms with E-state index in [1.54, 1.807) is 17.5 Å². The zero-order chi connectivity index (χ0) is 13.3. The minimum Gasteiger partial charge on any atom is -0.383 e. The molecule has 1 nitrogen and oxygen atoms in total. The van der Waals surface area contributed by atoms with Crippen LogP contribution in [-0.4, -0.2) is 5.11 Å². The predicted molar refractivity (Wildman–Crippen MR) is 67.5 cm³/mol. The molecule has 1 unspecified atom stereocenters. The summed E-state index contributed by atoms with van der Waals surface area (Å²) >= 11 is 4.17. The summed E-state index contributed by atoms with van der Waals surface area (Å²) in [5.74, 6) is 0. The Kier molecular flexibility index (Phi) is 3.79. The summed E-state index contributed by atoms with van der Waals surface area (Å²) < 4.78 is 38.1. The zero-order valence-corrected chi connectivity index (χ0v) is 11.3. The molecule has 2 aromatic rings. The van der Waals surface area contributed by atoms with Gasteiger partial charge in [-0.2, -0.15) is 13.2 Å². The number of halogens is 4. The summed E-state index contributed by atoms with van der Waals surface area (Å²) in [4.78, 5) is 0.616. The highest BCUT2D eigenvalue weighted by Crippen LogP contribution is 2.37. The highest BCUT2D eigenvalue weighted by atomic mass is 79.9. The summed E-state index contributed by atoms with van der Waals surface area (Å²) in [6.07, 6.45) is -5.47. The fourth-order valence-electron chi connectivity index (χ4n) is 1.54. The molecule has 18 heavy (non-hydrogen) atoms. The Bertz CT molecular complexity index is 537. The third kappa shape index (κ3) is 2.76. The Morgan fingerprint density at radius 3 is 2.50 bits per heavy atom. The quantitative estimate of drug-likeness (QED) is 0.848. The summed E-state index contributed by atoms with van der Waals surface area (Å²) in [6.45, 7) is 0. The Balaban J connectivity index is 2.42. The van der Waals surface area contributed by atoms with Crippen LogP contribution in [-0.2, 0) is 6.18 Å². The second-order valence-electron chi connectivity index (χ2n) is 3.65. The van der Waals surface area contributed by atoms with E-state index in [0.717, 1.165) is 6.07 Å². The average Bonchev–Trinajstić information content (AvgIpc) is 2.80. The first-order valence-electron chi connectivity index (χ1n) is 4.97. The second-order valence-corrected chi connectivity index (χ2v) is 5.49. The lowest BCUT2D eigenvalue weighted by atomic mass is 10.0. The van der Waals surface area contributed by atoms with Crippen molar-refractivity contribution in [1.29, 1.82) is 0 Å². The fourth-order valence-corrected chi connectivity index (χ4v) is 2.75. The van der Waals surface area contributed by atoms with Gasteiger partial charge in [0.05, 0.1) is 5.56 Å². The number of thiophene rings is 1. The van der Waals surface area contributed by atoms with Crippen LogP contribution in [0.1, 0.15) is 22.1 Å². The maximum absolute atomic E-state index is 12.7. The molecular weight excluding hydrogens is 329 g/mol. The SMILES string of the molecule is OC(c1ccc(Br)c(C(F)(F)F)c1)c1cccs1. The third-order valence-electron chi connectivity index (χ3n) is 2.42. The minimum atomic E-state index is -4.44. The molecule has 0 saturated carbocycles. The summed E-state index contributed by atoms with van der Waals surface area (Å²) in [5.41, 5.74) is -0.552. The highest BCUT2D eigenvalue weighted by Gasteiger charge is 2.33. The van der Waals surface area contributed by atoms with Crippen LogP contribution >= 0.6 is 27.3 Å². The number of alkyl halides is 3. The van der Waals surface area contributed by atoms with Crippen molar-refractivity contribution < 1.29 is 18.3 Å². The first-order valence-corrected chi connectivity index (χ1v) is 6.65. The van der Waals surface area contributed by atoms with Gasteiger partial charge in [-0.1, -0.05) is 28.1 Å². The van der Waals surface area contributed by atoms with Crippen molar-refractivity contribution in [2.45, 2.75) is 12.3 Å². The van der Waals surface area contributed by atoms with Gasteiger partial charge in [-0.15, -0.1) is 11.3 Å². The van der Waals surface area contributed by atoms with Crippen LogP contribution in [0.15, 0.2) is 40.2 Å². The molecule has 0 bridgehead atoms. The van der Waals surface area contributed by atoms with E-state index < -0.39 is 17.8 Å². The van der Waals surface area contributed by atoms with E-state index >= 15 is 0 Å². The summed E-state index contributed by atoms with van der Waals surface area (Å²) in [5, 5.41) is 11.8. The number of hydrogen-bond acceptors (Lipinski definition) is 2. The number of aliphatic hydroxyl groups is 1. The van der Waals surface area contributed by atoms with Crippen LogP contribution in [0.4, 0.5) is 13.2 Å². The van der Waals surface area contributed by atoms with Crippen molar-refractivity contribution >= 4 is 27.3 Å². The van der Waals surface area contributed by atoms with E-state index in [1.165, 1.54) is 23.5 Å². The smallest absolute Gasteiger partial charge is 0.383 e. The predicted octanol–water partition coefficient (Wildman–Crippen LogP) is 4.61. The maximum atomic E-state index is 12.7. The molecule has 1 N–H and O–H groups in total. The maximum Gasteiger partial charge on any atom is 0.417 e. The first kappa shape index (κ1) is 13.6. The van der Waals surface area contributed by atoms with Crippen molar-refractivity contribution in [3.8, 4) is 0 Å². The molecule has 1 atom stereocenters. The highest BCUT2D eigenvalue weighted by molar-refractivity contribution is 9.10. The van der Waals surface area contributed by atoms with Crippen molar-refractivity contribution in [1.82, 2.24) is 0 Å². The molecule has 96 valence electrons. The van der Waals surface area contributed by atoms with E-state index in [1.807, 2.05) is 0 Å². The van der Waals surface area contributed by atoms with Gasteiger partial charge in [-0.25, -0.2) is 0 Å². The molecule has 1 aromatic carbocycles. The Labute approximate surface area is 114 Å². The van der Waals surface area contributed by atoms with Crippen LogP contribution in [0.25, 0.3) is 0 Å². The lowest BCUT2D eigenvalue weighted by molar-refractivity contribution is -0.138. The average molecular weight is 337 g/mol. The number of rotatable bonds is 2. The molecule has 0 aliphatic carbocycles. The molecule has 0 amide bonds. The molecule has 2 rings (SSSR count). The van der Waals surface area contributed by atoms with Crippen LogP contribution in [0, 0.1) is 0 Å². The van der Waals surface area contributed by atoms with E-state index in [4.69, 9.17) is 0 Å². The molecule has 0 fully saturated rings. The molecular formula is C12H8BrF3OS. The van der Waals surface area contributed by atoms with Gasteiger partial charge in [0.25, 0.3) is 0 Å². The fraction of sp³-hybridized carbons (Fsp3) is 0.167. The molecule has 1 heterocycles. The van der Waals surface area contributed by atoms with Crippen molar-refractivity contribution in [3.63, 3.8) is 0 Å². The van der Waals surface area contributed by atoms with Crippen LogP contribution in [0.2, 0.25) is 0 Å². The number of aliphatic hydroxyl groups excluding tert-OH is 1. The van der Waals surface area contributed by atoms with E-state index in [0.29, 0.717) is 4.88 Å². The zero-order valence-electron chi connectivity index (χ0n) is 8.91. The van der Waals surface area contributed by atoms with E-state index in [-0.39, 0.29) is 10.0 Å². The van der Waals surface area contributed by atoms with Crippen molar-refractivity contribution in [2.75, 3.05) is 0 Å². The van der Waals surface area contributed by atoms with Gasteiger partial charge in [-0.05, 0) is 29.1 Å². The van der Waals surface area contributed by atoms with Gasteiger partial charge in [-0.3, -0.25) is 0 Å². The molecule has 1 aromatic heterocycles. The summed E-state index contributed by atoms with van der Waals surface area (Å²) in [7, 11) is 0. The first-order chi connectivity index (χ1) is 8.39. The molecule has 0 aliphatic heterocycles. The number of hydrogen-bond donors (Lipinski definition) is 1. The lowest BCUT2D eigenvalue weighted by Crippen LogP contribution is -2.08. The Morgan fingerprint density at radius 1 is 1.22 bits per heavy atom. The minimum absolute atomic E-state index is 0.0304. The Morgan fingerprint density at radius 2 is 1.94 bits per heavy atom. The standard InChI is InChI=1S/C12H8BrF3OS/c13-9-4-3-7(6-8(9)12(14,15)16)11(17)10-2-1-5-18-10/h1-6,11,17H. The Hall–Kier alpha value is -0.850. The monoisotopic (exact) mass is 336 g/mol.